The largest absolute Gasteiger partial charge is 0.436 e. The minimum Gasteiger partial charge on any atom is -0.436 e. The van der Waals surface area contributed by atoms with Gasteiger partial charge in [0.1, 0.15) is 5.52 Å². The van der Waals surface area contributed by atoms with Crippen LogP contribution in [-0.4, -0.2) is 16.7 Å². The molecule has 130 valence electrons. The smallest absolute Gasteiger partial charge is 0.227 e. The van der Waals surface area contributed by atoms with Gasteiger partial charge in [0.25, 0.3) is 0 Å². The minimum atomic E-state index is 0.170. The number of para-hydroxylation sites is 2. The van der Waals surface area contributed by atoms with Crippen LogP contribution < -0.4 is 5.32 Å². The van der Waals surface area contributed by atoms with Crippen molar-refractivity contribution in [3.05, 3.63) is 77.9 Å². The van der Waals surface area contributed by atoms with E-state index in [0.29, 0.717) is 12.3 Å². The molecule has 4 nitrogen and oxygen atoms in total. The predicted molar refractivity (Wildman–Crippen MR) is 105 cm³/mol. The Morgan fingerprint density at radius 2 is 1.81 bits per heavy atom. The standard InChI is InChI=1S/C22H20N2O2/c1-15-14-17(22-24-20-4-2-3-5-21(20)26-22)8-11-19(15)23-18-9-6-16(7-10-18)12-13-25/h2-11,14,23,25H,12-13H2,1H3. The van der Waals surface area contributed by atoms with Crippen molar-refractivity contribution >= 4 is 22.5 Å². The highest BCUT2D eigenvalue weighted by Crippen LogP contribution is 2.28. The van der Waals surface area contributed by atoms with Crippen LogP contribution >= 0.6 is 0 Å². The molecule has 4 rings (SSSR count). The monoisotopic (exact) mass is 344 g/mol. The summed E-state index contributed by atoms with van der Waals surface area (Å²) in [6.45, 7) is 2.23. The predicted octanol–water partition coefficient (Wildman–Crippen LogP) is 5.08. The van der Waals surface area contributed by atoms with Gasteiger partial charge in [-0.15, -0.1) is 0 Å². The Bertz CT molecular complexity index is 1000. The maximum absolute atomic E-state index is 9.00. The van der Waals surface area contributed by atoms with Crippen molar-refractivity contribution in [1.82, 2.24) is 4.98 Å². The fraction of sp³-hybridized carbons (Fsp3) is 0.136. The zero-order valence-electron chi connectivity index (χ0n) is 14.6. The molecule has 0 atom stereocenters. The summed E-state index contributed by atoms with van der Waals surface area (Å²) in [5.74, 6) is 0.634. The minimum absolute atomic E-state index is 0.170. The van der Waals surface area contributed by atoms with Gasteiger partial charge in [0.15, 0.2) is 5.58 Å². The number of nitrogens with zero attached hydrogens (tertiary/aromatic N) is 1. The van der Waals surface area contributed by atoms with Crippen LogP contribution in [0.15, 0.2) is 71.1 Å². The number of fused-ring (bicyclic) bond motifs is 1. The molecule has 1 aromatic heterocycles. The third kappa shape index (κ3) is 3.32. The summed E-state index contributed by atoms with van der Waals surface area (Å²) >= 11 is 0. The summed E-state index contributed by atoms with van der Waals surface area (Å²) in [6.07, 6.45) is 0.679. The van der Waals surface area contributed by atoms with E-state index in [1.807, 2.05) is 60.7 Å². The van der Waals surface area contributed by atoms with Gasteiger partial charge in [-0.2, -0.15) is 0 Å². The summed E-state index contributed by atoms with van der Waals surface area (Å²) in [4.78, 5) is 4.56. The quantitative estimate of drug-likeness (QED) is 0.530. The first-order valence-corrected chi connectivity index (χ1v) is 8.66. The topological polar surface area (TPSA) is 58.3 Å². The highest BCUT2D eigenvalue weighted by atomic mass is 16.3. The van der Waals surface area contributed by atoms with Crippen molar-refractivity contribution in [2.75, 3.05) is 11.9 Å². The lowest BCUT2D eigenvalue weighted by Gasteiger charge is -2.11. The van der Waals surface area contributed by atoms with Gasteiger partial charge in [-0.1, -0.05) is 24.3 Å². The fourth-order valence-electron chi connectivity index (χ4n) is 2.97. The van der Waals surface area contributed by atoms with E-state index in [1.54, 1.807) is 0 Å². The Morgan fingerprint density at radius 3 is 2.54 bits per heavy atom. The molecule has 0 bridgehead atoms. The number of benzene rings is 3. The van der Waals surface area contributed by atoms with Crippen LogP contribution in [0.1, 0.15) is 11.1 Å². The van der Waals surface area contributed by atoms with Gasteiger partial charge in [-0.05, 0) is 66.9 Å². The Labute approximate surface area is 152 Å². The average molecular weight is 344 g/mol. The molecule has 0 unspecified atom stereocenters. The van der Waals surface area contributed by atoms with Crippen LogP contribution in [0.3, 0.4) is 0 Å². The number of oxazole rings is 1. The molecule has 2 N–H and O–H groups in total. The van der Waals surface area contributed by atoms with Crippen LogP contribution in [0.2, 0.25) is 0 Å². The summed E-state index contributed by atoms with van der Waals surface area (Å²) in [5, 5.41) is 12.4. The zero-order valence-corrected chi connectivity index (χ0v) is 14.6. The zero-order chi connectivity index (χ0) is 17.9. The number of hydrogen-bond donors (Lipinski definition) is 2. The van der Waals surface area contributed by atoms with Crippen LogP contribution in [-0.2, 0) is 6.42 Å². The van der Waals surface area contributed by atoms with E-state index in [0.717, 1.165) is 39.2 Å². The second-order valence-electron chi connectivity index (χ2n) is 6.31. The van der Waals surface area contributed by atoms with Crippen molar-refractivity contribution in [3.8, 4) is 11.5 Å². The van der Waals surface area contributed by atoms with E-state index in [-0.39, 0.29) is 6.61 Å². The van der Waals surface area contributed by atoms with Gasteiger partial charge >= 0.3 is 0 Å². The molecular weight excluding hydrogens is 324 g/mol. The van der Waals surface area contributed by atoms with E-state index < -0.39 is 0 Å². The molecule has 0 spiro atoms. The lowest BCUT2D eigenvalue weighted by molar-refractivity contribution is 0.299. The van der Waals surface area contributed by atoms with E-state index in [1.165, 1.54) is 0 Å². The highest BCUT2D eigenvalue weighted by Gasteiger charge is 2.09. The van der Waals surface area contributed by atoms with Crippen molar-refractivity contribution in [1.29, 1.82) is 0 Å². The summed E-state index contributed by atoms with van der Waals surface area (Å²) in [6, 6.07) is 22.0. The summed E-state index contributed by atoms with van der Waals surface area (Å²) in [7, 11) is 0. The van der Waals surface area contributed by atoms with Gasteiger partial charge in [0.2, 0.25) is 5.89 Å². The summed E-state index contributed by atoms with van der Waals surface area (Å²) < 4.78 is 5.85. The second-order valence-corrected chi connectivity index (χ2v) is 6.31. The maximum Gasteiger partial charge on any atom is 0.227 e. The number of aliphatic hydroxyl groups is 1. The lowest BCUT2D eigenvalue weighted by Crippen LogP contribution is -1.95. The Kier molecular flexibility index (Phi) is 4.42. The van der Waals surface area contributed by atoms with Gasteiger partial charge in [0, 0.05) is 23.5 Å². The number of hydrogen-bond acceptors (Lipinski definition) is 4. The van der Waals surface area contributed by atoms with Crippen LogP contribution in [0.5, 0.6) is 0 Å². The van der Waals surface area contributed by atoms with E-state index in [9.17, 15) is 0 Å². The molecule has 4 aromatic rings. The van der Waals surface area contributed by atoms with E-state index in [2.05, 4.69) is 23.3 Å². The Balaban J connectivity index is 1.57. The molecule has 0 saturated heterocycles. The number of aryl methyl sites for hydroxylation is 1. The molecule has 0 saturated carbocycles. The molecule has 0 fully saturated rings. The molecule has 3 aromatic carbocycles. The van der Waals surface area contributed by atoms with Crippen LogP contribution in [0.4, 0.5) is 11.4 Å². The first-order valence-electron chi connectivity index (χ1n) is 8.66. The second kappa shape index (κ2) is 7.02. The van der Waals surface area contributed by atoms with Crippen LogP contribution in [0.25, 0.3) is 22.6 Å². The van der Waals surface area contributed by atoms with Crippen molar-refractivity contribution in [2.45, 2.75) is 13.3 Å². The van der Waals surface area contributed by atoms with Gasteiger partial charge < -0.3 is 14.8 Å². The number of aliphatic hydroxyl groups excluding tert-OH is 1. The number of anilines is 2. The van der Waals surface area contributed by atoms with Gasteiger partial charge in [0.05, 0.1) is 0 Å². The molecule has 26 heavy (non-hydrogen) atoms. The van der Waals surface area contributed by atoms with Crippen molar-refractivity contribution in [3.63, 3.8) is 0 Å². The Hall–Kier alpha value is -3.11. The summed E-state index contributed by atoms with van der Waals surface area (Å²) in [5.41, 5.74) is 6.92. The normalized spacial score (nSPS) is 11.0. The van der Waals surface area contributed by atoms with E-state index in [4.69, 9.17) is 9.52 Å². The SMILES string of the molecule is Cc1cc(-c2nc3ccccc3o2)ccc1Nc1ccc(CCO)cc1. The third-order valence-electron chi connectivity index (χ3n) is 4.40. The first-order chi connectivity index (χ1) is 12.7. The first kappa shape index (κ1) is 16.4. The molecule has 1 heterocycles. The number of rotatable bonds is 5. The van der Waals surface area contributed by atoms with Crippen molar-refractivity contribution < 1.29 is 9.52 Å². The van der Waals surface area contributed by atoms with Gasteiger partial charge in [-0.25, -0.2) is 4.98 Å². The average Bonchev–Trinajstić information content (AvgIpc) is 3.09. The Morgan fingerprint density at radius 1 is 1.00 bits per heavy atom. The maximum atomic E-state index is 9.00. The van der Waals surface area contributed by atoms with E-state index >= 15 is 0 Å². The number of nitrogens with one attached hydrogen (secondary N) is 1. The molecule has 0 radical (unpaired) electrons. The molecular formula is C22H20N2O2. The van der Waals surface area contributed by atoms with Crippen molar-refractivity contribution in [2.24, 2.45) is 0 Å². The molecule has 0 aliphatic carbocycles. The third-order valence-corrected chi connectivity index (χ3v) is 4.40. The molecule has 0 amide bonds. The van der Waals surface area contributed by atoms with Crippen LogP contribution in [0, 0.1) is 6.92 Å². The van der Waals surface area contributed by atoms with Gasteiger partial charge in [-0.3, -0.25) is 0 Å². The number of aromatic nitrogens is 1. The highest BCUT2D eigenvalue weighted by molar-refractivity contribution is 5.77. The molecule has 0 aliphatic rings. The molecule has 0 aliphatic heterocycles. The molecule has 4 heteroatoms. The lowest BCUT2D eigenvalue weighted by atomic mass is 10.1. The fourth-order valence-corrected chi connectivity index (χ4v) is 2.97.